The molecule has 10 heteroatoms. The van der Waals surface area contributed by atoms with Crippen molar-refractivity contribution in [1.29, 1.82) is 0 Å². The Bertz CT molecular complexity index is 1760. The highest BCUT2D eigenvalue weighted by Gasteiger charge is 2.67. The van der Waals surface area contributed by atoms with Gasteiger partial charge in [0, 0.05) is 53.5 Å². The number of esters is 1. The lowest BCUT2D eigenvalue weighted by Gasteiger charge is -2.68. The molecule has 8 nitrogen and oxygen atoms in total. The van der Waals surface area contributed by atoms with Crippen LogP contribution in [0.2, 0.25) is 10.0 Å². The van der Waals surface area contributed by atoms with E-state index < -0.39 is 28.9 Å². The molecule has 0 heterocycles. The number of likely N-dealkylation sites (N-methyl/N-ethyl adjacent to an activating group) is 1. The maximum atomic E-state index is 14.3. The average molecular weight is 830 g/mol. The van der Waals surface area contributed by atoms with Crippen LogP contribution >= 0.6 is 23.2 Å². The number of rotatable bonds is 13. The van der Waals surface area contributed by atoms with Gasteiger partial charge in [0.05, 0.1) is 17.9 Å². The Morgan fingerprint density at radius 1 is 0.947 bits per heavy atom. The van der Waals surface area contributed by atoms with E-state index in [0.29, 0.717) is 47.3 Å². The van der Waals surface area contributed by atoms with Gasteiger partial charge in [-0.15, -0.1) is 0 Å². The fraction of sp³-hybridized carbons (Fsp3) is 0.766. The molecule has 0 bridgehead atoms. The van der Waals surface area contributed by atoms with Gasteiger partial charge in [-0.2, -0.15) is 0 Å². The van der Waals surface area contributed by atoms with Crippen molar-refractivity contribution in [2.45, 2.75) is 138 Å². The van der Waals surface area contributed by atoms with E-state index >= 15 is 0 Å². The highest BCUT2D eigenvalue weighted by molar-refractivity contribution is 6.35. The number of carboxylic acids is 1. The maximum Gasteiger partial charge on any atom is 0.309 e. The van der Waals surface area contributed by atoms with Crippen LogP contribution in [0.1, 0.15) is 125 Å². The average Bonchev–Trinajstić information content (AvgIpc) is 3.42. The van der Waals surface area contributed by atoms with Gasteiger partial charge in [-0.3, -0.25) is 19.3 Å². The Balaban J connectivity index is 1.26. The van der Waals surface area contributed by atoms with E-state index in [1.165, 1.54) is 5.57 Å². The first kappa shape index (κ1) is 44.6. The summed E-state index contributed by atoms with van der Waals surface area (Å²) in [5.74, 6) is 0.531. The van der Waals surface area contributed by atoms with Gasteiger partial charge in [-0.25, -0.2) is 0 Å². The lowest BCUT2D eigenvalue weighted by Crippen LogP contribution is -2.62. The first-order chi connectivity index (χ1) is 26.5. The summed E-state index contributed by atoms with van der Waals surface area (Å²) in [4.78, 5) is 43.6. The number of aliphatic hydroxyl groups excluding tert-OH is 1. The molecule has 0 spiro atoms. The van der Waals surface area contributed by atoms with E-state index in [9.17, 15) is 24.6 Å². The van der Waals surface area contributed by atoms with Crippen molar-refractivity contribution in [3.63, 3.8) is 0 Å². The van der Waals surface area contributed by atoms with Crippen LogP contribution in [0.3, 0.4) is 0 Å². The number of benzene rings is 1. The van der Waals surface area contributed by atoms with E-state index in [1.807, 2.05) is 12.1 Å². The molecule has 5 aliphatic rings. The van der Waals surface area contributed by atoms with Gasteiger partial charge in [0.25, 0.3) is 0 Å². The third kappa shape index (κ3) is 8.02. The summed E-state index contributed by atoms with van der Waals surface area (Å²) in [7, 11) is 4.13. The summed E-state index contributed by atoms with van der Waals surface area (Å²) in [5.41, 5.74) is 1.34. The van der Waals surface area contributed by atoms with Crippen LogP contribution in [-0.4, -0.2) is 83.7 Å². The number of halogens is 2. The minimum atomic E-state index is -1.17. The Labute approximate surface area is 352 Å². The topological polar surface area (TPSA) is 107 Å². The predicted octanol–water partition coefficient (Wildman–Crippen LogP) is 9.72. The van der Waals surface area contributed by atoms with Crippen molar-refractivity contribution in [3.8, 4) is 0 Å². The van der Waals surface area contributed by atoms with Gasteiger partial charge in [0.2, 0.25) is 0 Å². The molecule has 0 aromatic heterocycles. The molecule has 318 valence electrons. The third-order valence-corrected chi connectivity index (χ3v) is 17.0. The largest absolute Gasteiger partial charge is 0.481 e. The molecule has 0 saturated heterocycles. The summed E-state index contributed by atoms with van der Waals surface area (Å²) in [6.45, 7) is 19.7. The lowest BCUT2D eigenvalue weighted by molar-refractivity contribution is -0.205. The molecule has 4 saturated carbocycles. The Kier molecular flexibility index (Phi) is 12.6. The summed E-state index contributed by atoms with van der Waals surface area (Å²) < 4.78 is 6.17. The lowest BCUT2D eigenvalue weighted by atomic mass is 9.37. The number of nitrogens with zero attached hydrogens (tertiary/aromatic N) is 2. The number of ketones is 1. The van der Waals surface area contributed by atoms with Crippen molar-refractivity contribution in [1.82, 2.24) is 9.80 Å². The zero-order valence-corrected chi connectivity index (χ0v) is 37.9. The maximum absolute atomic E-state index is 14.3. The third-order valence-electron chi connectivity index (χ3n) is 16.4. The number of aliphatic hydroxyl groups is 1. The zero-order valence-electron chi connectivity index (χ0n) is 36.4. The Hall–Kier alpha value is -1.97. The van der Waals surface area contributed by atoms with Crippen LogP contribution in [-0.2, 0) is 25.7 Å². The standard InChI is InChI=1S/C47H70Cl2N2O6/c1-28(2)40-35(52)24-47(37(53)27-51(22-21-50(9)10)26-29-11-12-30(48)23-34(29)49)20-19-45(7)31-15-16-36-44(5,6)38(57-39(54)25-43(3,4)42(55)56)17-18-46(36,8)32(31)13-14-33(45)41(40)47/h11-12,23,28,31-33,36-38,53H,13-22,24-27H2,1-10H3,(H,55,56)/t31-,32+,33-,36+,37+,38+,45+,46-,47+/m1/s1. The van der Waals surface area contributed by atoms with Crippen LogP contribution in [0.4, 0.5) is 0 Å². The molecule has 0 unspecified atom stereocenters. The van der Waals surface area contributed by atoms with E-state index in [-0.39, 0.29) is 46.4 Å². The number of carbonyl (C=O) groups excluding carboxylic acids is 2. The molecule has 5 aliphatic carbocycles. The van der Waals surface area contributed by atoms with Gasteiger partial charge >= 0.3 is 11.9 Å². The number of aliphatic carboxylic acids is 1. The fourth-order valence-corrected chi connectivity index (χ4v) is 13.7. The molecular weight excluding hydrogens is 759 g/mol. The first-order valence-electron chi connectivity index (χ1n) is 21.7. The Morgan fingerprint density at radius 3 is 2.25 bits per heavy atom. The van der Waals surface area contributed by atoms with E-state index in [4.69, 9.17) is 27.9 Å². The van der Waals surface area contributed by atoms with Crippen LogP contribution in [0.15, 0.2) is 29.3 Å². The van der Waals surface area contributed by atoms with Gasteiger partial charge in [-0.1, -0.05) is 76.4 Å². The number of Topliss-reactive ketones (excluding diaryl/α,β-unsaturated/α-hetero) is 1. The number of hydrogen-bond acceptors (Lipinski definition) is 7. The summed E-state index contributed by atoms with van der Waals surface area (Å²) in [6.07, 6.45) is 7.11. The number of fused-ring (bicyclic) bond motifs is 7. The second-order valence-corrected chi connectivity index (χ2v) is 22.1. The molecule has 0 aliphatic heterocycles. The predicted molar refractivity (Wildman–Crippen MR) is 227 cm³/mol. The minimum absolute atomic E-state index is 0.0114. The van der Waals surface area contributed by atoms with Crippen LogP contribution < -0.4 is 0 Å². The highest BCUT2D eigenvalue weighted by Crippen LogP contribution is 2.73. The molecule has 4 fully saturated rings. The van der Waals surface area contributed by atoms with Crippen LogP contribution in [0.5, 0.6) is 0 Å². The van der Waals surface area contributed by atoms with E-state index in [1.54, 1.807) is 19.9 Å². The molecule has 1 aromatic carbocycles. The first-order valence-corrected chi connectivity index (χ1v) is 22.4. The van der Waals surface area contributed by atoms with E-state index in [0.717, 1.165) is 75.6 Å². The number of allylic oxidation sites excluding steroid dienone is 1. The highest BCUT2D eigenvalue weighted by atomic mass is 35.5. The fourth-order valence-electron chi connectivity index (χ4n) is 13.3. The quantitative estimate of drug-likeness (QED) is 0.190. The van der Waals surface area contributed by atoms with Crippen molar-refractivity contribution < 1.29 is 29.3 Å². The molecule has 6 rings (SSSR count). The number of hydrogen-bond donors (Lipinski definition) is 2. The van der Waals surface area contributed by atoms with Crippen LogP contribution in [0, 0.1) is 56.7 Å². The van der Waals surface area contributed by atoms with Crippen molar-refractivity contribution >= 4 is 40.9 Å². The molecule has 57 heavy (non-hydrogen) atoms. The van der Waals surface area contributed by atoms with E-state index in [2.05, 4.69) is 65.4 Å². The molecule has 0 radical (unpaired) electrons. The molecule has 9 atom stereocenters. The molecule has 2 N–H and O–H groups in total. The van der Waals surface area contributed by atoms with Gasteiger partial charge in [0.1, 0.15) is 6.10 Å². The second-order valence-electron chi connectivity index (χ2n) is 21.2. The number of carbonyl (C=O) groups is 3. The molecular formula is C47H70Cl2N2O6. The number of ether oxygens (including phenoxy) is 1. The smallest absolute Gasteiger partial charge is 0.309 e. The van der Waals surface area contributed by atoms with Crippen molar-refractivity contribution in [2.75, 3.05) is 33.7 Å². The molecule has 0 amide bonds. The zero-order chi connectivity index (χ0) is 42.0. The van der Waals surface area contributed by atoms with Gasteiger partial charge < -0.3 is 19.8 Å². The SMILES string of the molecule is CC(C)C1=C2[C@H]3CC[C@H]4[C@@H](CC[C@H]5C(C)(C)[C@@H](OC(=O)CC(C)(C)C(=O)O)CC[C@]45C)[C@]3(C)CC[C@@]2([C@@H](O)CN(CCN(C)C)Cc2ccc(Cl)cc2Cl)CC1=O. The monoisotopic (exact) mass is 828 g/mol. The normalized spacial score (nSPS) is 34.2. The summed E-state index contributed by atoms with van der Waals surface area (Å²) >= 11 is 12.9. The van der Waals surface area contributed by atoms with Crippen molar-refractivity contribution in [3.05, 3.63) is 45.0 Å². The second kappa shape index (κ2) is 16.1. The number of carboxylic acid groups (broad SMARTS) is 1. The minimum Gasteiger partial charge on any atom is -0.481 e. The van der Waals surface area contributed by atoms with Gasteiger partial charge in [0.15, 0.2) is 5.78 Å². The summed E-state index contributed by atoms with van der Waals surface area (Å²) in [5, 5.41) is 23.5. The Morgan fingerprint density at radius 2 is 1.61 bits per heavy atom. The van der Waals surface area contributed by atoms with Crippen LogP contribution in [0.25, 0.3) is 0 Å². The van der Waals surface area contributed by atoms with Crippen molar-refractivity contribution in [2.24, 2.45) is 56.7 Å². The molecule has 1 aromatic rings. The van der Waals surface area contributed by atoms with Gasteiger partial charge in [-0.05, 0) is 143 Å². The summed E-state index contributed by atoms with van der Waals surface area (Å²) in [6, 6.07) is 5.62.